The summed E-state index contributed by atoms with van der Waals surface area (Å²) < 4.78 is 33.5. The molecule has 0 aromatic carbocycles. The van der Waals surface area contributed by atoms with Crippen molar-refractivity contribution in [1.29, 1.82) is 0 Å². The smallest absolute Gasteiger partial charge is 0.306 e. The Morgan fingerprint density at radius 2 is 0.938 bits per heavy atom. The van der Waals surface area contributed by atoms with E-state index in [4.69, 9.17) is 28.4 Å². The Morgan fingerprint density at radius 3 is 1.48 bits per heavy atom. The van der Waals surface area contributed by atoms with Gasteiger partial charge in [-0.2, -0.15) is 0 Å². The van der Waals surface area contributed by atoms with Crippen molar-refractivity contribution in [2.24, 2.45) is 0 Å². The monoisotopic (exact) mass is 917 g/mol. The summed E-state index contributed by atoms with van der Waals surface area (Å²) in [5, 5.41) is 72.0. The number of esters is 2. The molecule has 374 valence electrons. The number of aliphatic hydroxyl groups excluding tert-OH is 7. The zero-order valence-electron chi connectivity index (χ0n) is 39.3. The molecule has 0 radical (unpaired) electrons. The molecule has 0 aliphatic carbocycles. The maximum atomic E-state index is 13.0. The van der Waals surface area contributed by atoms with Crippen LogP contribution >= 0.6 is 0 Å². The summed E-state index contributed by atoms with van der Waals surface area (Å²) in [6, 6.07) is 0. The van der Waals surface area contributed by atoms with E-state index in [0.29, 0.717) is 12.8 Å². The summed E-state index contributed by atoms with van der Waals surface area (Å²) in [6.45, 7) is 2.55. The number of carbonyl (C=O) groups excluding carboxylic acids is 2. The first-order valence-electron chi connectivity index (χ1n) is 24.9. The highest BCUT2D eigenvalue weighted by molar-refractivity contribution is 5.70. The molecule has 2 fully saturated rings. The van der Waals surface area contributed by atoms with Crippen molar-refractivity contribution in [3.05, 3.63) is 24.3 Å². The van der Waals surface area contributed by atoms with E-state index >= 15 is 0 Å². The number of rotatable bonds is 38. The normalized spacial score (nSPS) is 26.8. The van der Waals surface area contributed by atoms with Crippen molar-refractivity contribution >= 4 is 11.9 Å². The predicted octanol–water partition coefficient (Wildman–Crippen LogP) is 6.38. The van der Waals surface area contributed by atoms with Crippen LogP contribution in [0.2, 0.25) is 0 Å². The molecule has 2 saturated heterocycles. The van der Waals surface area contributed by atoms with Crippen LogP contribution in [0.5, 0.6) is 0 Å². The summed E-state index contributed by atoms with van der Waals surface area (Å²) in [4.78, 5) is 25.7. The standard InChI is InChI=1S/C49H88O15/c1-3-5-7-9-11-13-15-17-18-20-22-24-26-28-30-32-41(52)62-37(34-59-40(51)31-29-27-25-23-21-19-16-14-12-10-8-6-4-2)35-60-48-47(58)45(56)43(54)39(64-48)36-61-49-46(57)44(55)42(53)38(33-50)63-49/h11,13,17-18,37-39,42-50,53-58H,3-10,12,14-16,19-36H2,1-2H3/t37?,38-,39-,42+,43+,44+,45+,46-,47-,48-,49+/m1/s1. The second-order valence-electron chi connectivity index (χ2n) is 17.6. The molecule has 0 aromatic heterocycles. The lowest BCUT2D eigenvalue weighted by Crippen LogP contribution is -2.61. The van der Waals surface area contributed by atoms with Crippen LogP contribution in [0.1, 0.15) is 181 Å². The van der Waals surface area contributed by atoms with E-state index in [9.17, 15) is 45.3 Å². The number of hydrogen-bond acceptors (Lipinski definition) is 15. The van der Waals surface area contributed by atoms with Crippen molar-refractivity contribution < 1.29 is 73.8 Å². The van der Waals surface area contributed by atoms with Gasteiger partial charge in [-0.1, -0.05) is 147 Å². The third-order valence-corrected chi connectivity index (χ3v) is 11.9. The topological polar surface area (TPSA) is 231 Å². The minimum absolute atomic E-state index is 0.152. The van der Waals surface area contributed by atoms with Crippen molar-refractivity contribution in [3.63, 3.8) is 0 Å². The minimum atomic E-state index is -1.76. The Hall–Kier alpha value is -2.02. The molecule has 2 aliphatic rings. The molecular weight excluding hydrogens is 829 g/mol. The van der Waals surface area contributed by atoms with E-state index in [1.165, 1.54) is 77.0 Å². The molecule has 64 heavy (non-hydrogen) atoms. The van der Waals surface area contributed by atoms with Crippen molar-refractivity contribution in [2.75, 3.05) is 26.4 Å². The average molecular weight is 917 g/mol. The van der Waals surface area contributed by atoms with Crippen molar-refractivity contribution in [1.82, 2.24) is 0 Å². The Morgan fingerprint density at radius 1 is 0.500 bits per heavy atom. The van der Waals surface area contributed by atoms with Gasteiger partial charge in [0.15, 0.2) is 18.7 Å². The third-order valence-electron chi connectivity index (χ3n) is 11.9. The summed E-state index contributed by atoms with van der Waals surface area (Å²) in [5.41, 5.74) is 0. The highest BCUT2D eigenvalue weighted by atomic mass is 16.7. The number of aliphatic hydroxyl groups is 7. The lowest BCUT2D eigenvalue weighted by Gasteiger charge is -2.42. The van der Waals surface area contributed by atoms with E-state index < -0.39 is 92.7 Å². The molecule has 0 bridgehead atoms. The van der Waals surface area contributed by atoms with Gasteiger partial charge in [0.25, 0.3) is 0 Å². The van der Waals surface area contributed by atoms with Crippen LogP contribution in [0.25, 0.3) is 0 Å². The maximum absolute atomic E-state index is 13.0. The Kier molecular flexibility index (Phi) is 33.6. The minimum Gasteiger partial charge on any atom is -0.462 e. The molecule has 7 N–H and O–H groups in total. The fourth-order valence-corrected chi connectivity index (χ4v) is 7.78. The van der Waals surface area contributed by atoms with Gasteiger partial charge in [0, 0.05) is 12.8 Å². The summed E-state index contributed by atoms with van der Waals surface area (Å²) in [7, 11) is 0. The molecule has 2 aliphatic heterocycles. The Balaban J connectivity index is 1.83. The lowest BCUT2D eigenvalue weighted by molar-refractivity contribution is -0.332. The first kappa shape index (κ1) is 58.1. The highest BCUT2D eigenvalue weighted by Gasteiger charge is 2.47. The quantitative estimate of drug-likeness (QED) is 0.0203. The van der Waals surface area contributed by atoms with Gasteiger partial charge < -0.3 is 64.2 Å². The van der Waals surface area contributed by atoms with Crippen LogP contribution in [0, 0.1) is 0 Å². The third kappa shape index (κ3) is 25.2. The molecule has 2 heterocycles. The van der Waals surface area contributed by atoms with E-state index in [0.717, 1.165) is 64.2 Å². The van der Waals surface area contributed by atoms with Gasteiger partial charge in [-0.05, 0) is 44.9 Å². The molecule has 0 spiro atoms. The lowest BCUT2D eigenvalue weighted by atomic mass is 9.98. The number of ether oxygens (including phenoxy) is 6. The van der Waals surface area contributed by atoms with Crippen LogP contribution in [-0.4, -0.2) is 142 Å². The van der Waals surface area contributed by atoms with E-state index in [1.807, 2.05) is 0 Å². The molecular formula is C49H88O15. The SMILES string of the molecule is CCCCCC=CCC=CCCCCCCCC(=O)OC(COC(=O)CCCCCCCCCCCCCCC)CO[C@@H]1O[C@H](CO[C@H]2O[C@H](CO)[C@H](O)[C@H](O)[C@H]2O)[C@H](O)[C@H](O)[C@H]1O. The van der Waals surface area contributed by atoms with Gasteiger partial charge in [-0.15, -0.1) is 0 Å². The van der Waals surface area contributed by atoms with Crippen LogP contribution in [0.15, 0.2) is 24.3 Å². The van der Waals surface area contributed by atoms with Crippen molar-refractivity contribution in [2.45, 2.75) is 248 Å². The zero-order chi connectivity index (χ0) is 46.8. The van der Waals surface area contributed by atoms with Crippen LogP contribution in [0.3, 0.4) is 0 Å². The Labute approximate surface area is 383 Å². The average Bonchev–Trinajstić information content (AvgIpc) is 3.29. The van der Waals surface area contributed by atoms with Crippen molar-refractivity contribution in [3.8, 4) is 0 Å². The molecule has 0 amide bonds. The first-order chi connectivity index (χ1) is 31.0. The molecule has 15 heteroatoms. The maximum Gasteiger partial charge on any atom is 0.306 e. The zero-order valence-corrected chi connectivity index (χ0v) is 39.3. The fraction of sp³-hybridized carbons (Fsp3) is 0.878. The predicted molar refractivity (Wildman–Crippen MR) is 243 cm³/mol. The van der Waals surface area contributed by atoms with Gasteiger partial charge in [-0.3, -0.25) is 9.59 Å². The van der Waals surface area contributed by atoms with Gasteiger partial charge in [0.05, 0.1) is 19.8 Å². The summed E-state index contributed by atoms with van der Waals surface area (Å²) >= 11 is 0. The van der Waals surface area contributed by atoms with Gasteiger partial charge in [0.2, 0.25) is 0 Å². The molecule has 0 aromatic rings. The summed E-state index contributed by atoms with van der Waals surface area (Å²) in [6.07, 6.45) is 19.2. The Bertz CT molecular complexity index is 1220. The van der Waals surface area contributed by atoms with Crippen LogP contribution in [-0.2, 0) is 38.0 Å². The molecule has 2 rings (SSSR count). The highest BCUT2D eigenvalue weighted by Crippen LogP contribution is 2.26. The first-order valence-corrected chi connectivity index (χ1v) is 24.9. The van der Waals surface area contributed by atoms with E-state index in [1.54, 1.807) is 0 Å². The summed E-state index contributed by atoms with van der Waals surface area (Å²) in [5.74, 6) is -0.936. The number of allylic oxidation sites excluding steroid dienone is 4. The van der Waals surface area contributed by atoms with Gasteiger partial charge in [-0.25, -0.2) is 0 Å². The van der Waals surface area contributed by atoms with Gasteiger partial charge in [0.1, 0.15) is 55.4 Å². The largest absolute Gasteiger partial charge is 0.462 e. The van der Waals surface area contributed by atoms with Crippen LogP contribution in [0.4, 0.5) is 0 Å². The van der Waals surface area contributed by atoms with Gasteiger partial charge >= 0.3 is 11.9 Å². The number of hydrogen-bond donors (Lipinski definition) is 7. The molecule has 1 unspecified atom stereocenters. The number of carbonyl (C=O) groups is 2. The van der Waals surface area contributed by atoms with E-state index in [2.05, 4.69) is 38.2 Å². The second-order valence-corrected chi connectivity index (χ2v) is 17.6. The second kappa shape index (κ2) is 37.0. The molecule has 0 saturated carbocycles. The van der Waals surface area contributed by atoms with E-state index in [-0.39, 0.29) is 26.1 Å². The molecule has 15 nitrogen and oxygen atoms in total. The molecule has 11 atom stereocenters. The van der Waals surface area contributed by atoms with Crippen LogP contribution < -0.4 is 0 Å². The number of unbranched alkanes of at least 4 members (excludes halogenated alkanes) is 20. The fourth-order valence-electron chi connectivity index (χ4n) is 7.78.